The van der Waals surface area contributed by atoms with Crippen LogP contribution in [0.2, 0.25) is 0 Å². The van der Waals surface area contributed by atoms with Gasteiger partial charge in [-0.15, -0.1) is 0 Å². The monoisotopic (exact) mass is 460 g/mol. The number of benzene rings is 4. The number of para-hydroxylation sites is 1. The lowest BCUT2D eigenvalue weighted by Gasteiger charge is -2.05. The standard InChI is InChI=1S/C24H13BrO3S/c25-16-7-10-23-20(13-16)19-9-6-15(12-24(19)29(23,26)27)14-5-8-18-17-3-1-2-4-21(17)28-22(18)11-14/h1-13H. The Morgan fingerprint density at radius 2 is 1.41 bits per heavy atom. The van der Waals surface area contributed by atoms with Crippen LogP contribution >= 0.6 is 15.9 Å². The van der Waals surface area contributed by atoms with E-state index in [9.17, 15) is 8.42 Å². The summed E-state index contributed by atoms with van der Waals surface area (Å²) in [5, 5.41) is 2.13. The van der Waals surface area contributed by atoms with E-state index in [2.05, 4.69) is 15.9 Å². The summed E-state index contributed by atoms with van der Waals surface area (Å²) < 4.78 is 33.0. The average Bonchev–Trinajstić information content (AvgIpc) is 3.20. The van der Waals surface area contributed by atoms with Crippen molar-refractivity contribution < 1.29 is 12.8 Å². The Bertz CT molecular complexity index is 1580. The predicted molar refractivity (Wildman–Crippen MR) is 118 cm³/mol. The highest BCUT2D eigenvalue weighted by Gasteiger charge is 2.33. The van der Waals surface area contributed by atoms with Gasteiger partial charge in [0.15, 0.2) is 0 Å². The maximum absolute atomic E-state index is 13.1. The van der Waals surface area contributed by atoms with Gasteiger partial charge in [-0.25, -0.2) is 8.42 Å². The van der Waals surface area contributed by atoms with E-state index < -0.39 is 9.84 Å². The molecule has 5 aromatic rings. The molecule has 0 aliphatic carbocycles. The van der Waals surface area contributed by atoms with Crippen LogP contribution in [0.25, 0.3) is 44.2 Å². The minimum absolute atomic E-state index is 0.354. The summed E-state index contributed by atoms with van der Waals surface area (Å²) in [5.74, 6) is 0. The second-order valence-corrected chi connectivity index (χ2v) is 9.97. The number of furan rings is 1. The first-order chi connectivity index (χ1) is 14.0. The molecular weight excluding hydrogens is 448 g/mol. The molecule has 1 aliphatic heterocycles. The van der Waals surface area contributed by atoms with Crippen LogP contribution in [0.3, 0.4) is 0 Å². The van der Waals surface area contributed by atoms with Gasteiger partial charge < -0.3 is 4.42 Å². The summed E-state index contributed by atoms with van der Waals surface area (Å²) in [5.41, 5.74) is 4.90. The van der Waals surface area contributed by atoms with E-state index >= 15 is 0 Å². The highest BCUT2D eigenvalue weighted by molar-refractivity contribution is 9.10. The van der Waals surface area contributed by atoms with Crippen molar-refractivity contribution in [1.82, 2.24) is 0 Å². The Morgan fingerprint density at radius 3 is 2.31 bits per heavy atom. The van der Waals surface area contributed by atoms with E-state index in [-0.39, 0.29) is 0 Å². The highest BCUT2D eigenvalue weighted by atomic mass is 79.9. The number of fused-ring (bicyclic) bond motifs is 6. The molecule has 0 saturated carbocycles. The van der Waals surface area contributed by atoms with Crippen molar-refractivity contribution in [2.24, 2.45) is 0 Å². The van der Waals surface area contributed by atoms with Gasteiger partial charge in [0.05, 0.1) is 9.79 Å². The van der Waals surface area contributed by atoms with Crippen molar-refractivity contribution in [2.75, 3.05) is 0 Å². The molecule has 0 amide bonds. The summed E-state index contributed by atoms with van der Waals surface area (Å²) in [6.45, 7) is 0. The molecule has 0 N–H and O–H groups in total. The van der Waals surface area contributed by atoms with Crippen molar-refractivity contribution in [3.63, 3.8) is 0 Å². The molecule has 4 aromatic carbocycles. The van der Waals surface area contributed by atoms with Crippen LogP contribution in [0.5, 0.6) is 0 Å². The second kappa shape index (κ2) is 5.81. The Kier molecular flexibility index (Phi) is 3.41. The fourth-order valence-electron chi connectivity index (χ4n) is 4.12. The van der Waals surface area contributed by atoms with E-state index in [1.54, 1.807) is 18.2 Å². The van der Waals surface area contributed by atoms with Gasteiger partial charge in [0, 0.05) is 26.4 Å². The summed E-state index contributed by atoms with van der Waals surface area (Å²) >= 11 is 3.44. The van der Waals surface area contributed by atoms with Gasteiger partial charge >= 0.3 is 0 Å². The Morgan fingerprint density at radius 1 is 0.655 bits per heavy atom. The third kappa shape index (κ3) is 2.38. The summed E-state index contributed by atoms with van der Waals surface area (Å²) in [6.07, 6.45) is 0. The van der Waals surface area contributed by atoms with Crippen LogP contribution < -0.4 is 0 Å². The third-order valence-corrected chi connectivity index (χ3v) is 7.85. The van der Waals surface area contributed by atoms with Crippen molar-refractivity contribution in [1.29, 1.82) is 0 Å². The number of hydrogen-bond acceptors (Lipinski definition) is 3. The minimum Gasteiger partial charge on any atom is -0.456 e. The SMILES string of the molecule is O=S1(=O)c2ccc(Br)cc2-c2ccc(-c3ccc4c(c3)oc3ccccc34)cc21. The molecule has 3 nitrogen and oxygen atoms in total. The van der Waals surface area contributed by atoms with Gasteiger partial charge in [0.25, 0.3) is 0 Å². The van der Waals surface area contributed by atoms with Crippen LogP contribution in [0.1, 0.15) is 0 Å². The maximum Gasteiger partial charge on any atom is 0.207 e. The Balaban J connectivity index is 1.55. The molecule has 0 atom stereocenters. The predicted octanol–water partition coefficient (Wildman–Crippen LogP) is 6.83. The van der Waals surface area contributed by atoms with Crippen LogP contribution in [0, 0.1) is 0 Å². The van der Waals surface area contributed by atoms with E-state index in [0.717, 1.165) is 48.7 Å². The van der Waals surface area contributed by atoms with Gasteiger partial charge in [-0.3, -0.25) is 0 Å². The smallest absolute Gasteiger partial charge is 0.207 e. The van der Waals surface area contributed by atoms with Gasteiger partial charge in [-0.1, -0.05) is 52.3 Å². The molecule has 1 aliphatic rings. The molecule has 0 fully saturated rings. The number of rotatable bonds is 1. The topological polar surface area (TPSA) is 47.3 Å². The van der Waals surface area contributed by atoms with Gasteiger partial charge in [-0.05, 0) is 53.6 Å². The van der Waals surface area contributed by atoms with Crippen molar-refractivity contribution in [3.8, 4) is 22.3 Å². The molecule has 1 aromatic heterocycles. The van der Waals surface area contributed by atoms with E-state index in [4.69, 9.17) is 4.42 Å². The number of sulfone groups is 1. The number of halogens is 1. The van der Waals surface area contributed by atoms with Crippen molar-refractivity contribution in [2.45, 2.75) is 9.79 Å². The van der Waals surface area contributed by atoms with E-state index in [0.29, 0.717) is 9.79 Å². The van der Waals surface area contributed by atoms with Crippen LogP contribution in [-0.2, 0) is 9.84 Å². The zero-order chi connectivity index (χ0) is 19.8. The Hall–Kier alpha value is -2.89. The molecule has 29 heavy (non-hydrogen) atoms. The molecule has 0 radical (unpaired) electrons. The molecular formula is C24H13BrO3S. The normalized spacial score (nSPS) is 14.2. The minimum atomic E-state index is -3.52. The average molecular weight is 461 g/mol. The molecule has 0 bridgehead atoms. The molecule has 140 valence electrons. The van der Waals surface area contributed by atoms with Crippen LogP contribution in [0.15, 0.2) is 97.5 Å². The lowest BCUT2D eigenvalue weighted by atomic mass is 9.99. The van der Waals surface area contributed by atoms with Gasteiger partial charge in [0.1, 0.15) is 11.2 Å². The van der Waals surface area contributed by atoms with Crippen LogP contribution in [0.4, 0.5) is 0 Å². The van der Waals surface area contributed by atoms with Gasteiger partial charge in [-0.2, -0.15) is 0 Å². The first-order valence-electron chi connectivity index (χ1n) is 9.13. The molecule has 6 rings (SSSR count). The lowest BCUT2D eigenvalue weighted by Crippen LogP contribution is -1.96. The Labute approximate surface area is 175 Å². The fourth-order valence-corrected chi connectivity index (χ4v) is 6.17. The first kappa shape index (κ1) is 17.0. The quantitative estimate of drug-likeness (QED) is 0.270. The second-order valence-electron chi connectivity index (χ2n) is 7.16. The zero-order valence-corrected chi connectivity index (χ0v) is 17.4. The van der Waals surface area contributed by atoms with E-state index in [1.807, 2.05) is 60.7 Å². The summed E-state index contributed by atoms with van der Waals surface area (Å²) in [4.78, 5) is 0.716. The molecule has 0 spiro atoms. The molecule has 2 heterocycles. The summed E-state index contributed by atoms with van der Waals surface area (Å²) in [6, 6.07) is 24.9. The summed E-state index contributed by atoms with van der Waals surface area (Å²) in [7, 11) is -3.52. The lowest BCUT2D eigenvalue weighted by molar-refractivity contribution is 0.598. The van der Waals surface area contributed by atoms with E-state index in [1.165, 1.54) is 0 Å². The van der Waals surface area contributed by atoms with Crippen molar-refractivity contribution >= 4 is 47.7 Å². The van der Waals surface area contributed by atoms with Crippen molar-refractivity contribution in [3.05, 3.63) is 83.3 Å². The first-order valence-corrected chi connectivity index (χ1v) is 11.4. The fraction of sp³-hybridized carbons (Fsp3) is 0. The zero-order valence-electron chi connectivity index (χ0n) is 15.0. The molecule has 0 unspecified atom stereocenters. The third-order valence-electron chi connectivity index (χ3n) is 5.50. The van der Waals surface area contributed by atoms with Crippen LogP contribution in [-0.4, -0.2) is 8.42 Å². The largest absolute Gasteiger partial charge is 0.456 e. The maximum atomic E-state index is 13.1. The number of hydrogen-bond donors (Lipinski definition) is 0. The van der Waals surface area contributed by atoms with Gasteiger partial charge in [0.2, 0.25) is 9.84 Å². The molecule has 5 heteroatoms. The highest BCUT2D eigenvalue weighted by Crippen LogP contribution is 2.45. The molecule has 0 saturated heterocycles.